The molecule has 1 unspecified atom stereocenters. The van der Waals surface area contributed by atoms with Gasteiger partial charge in [-0.15, -0.1) is 0 Å². The first-order chi connectivity index (χ1) is 8.94. The van der Waals surface area contributed by atoms with Gasteiger partial charge in [-0.3, -0.25) is 0 Å². The van der Waals surface area contributed by atoms with E-state index < -0.39 is 10.0 Å². The zero-order chi connectivity index (χ0) is 14.5. The molecule has 5 heteroatoms. The smallest absolute Gasteiger partial charge is 0.240 e. The van der Waals surface area contributed by atoms with E-state index >= 15 is 0 Å². The van der Waals surface area contributed by atoms with E-state index in [4.69, 9.17) is 5.73 Å². The summed E-state index contributed by atoms with van der Waals surface area (Å²) in [7, 11) is -3.47. The Hall–Kier alpha value is -1.07. The molecule has 1 aromatic rings. The molecule has 0 bridgehead atoms. The Balaban J connectivity index is 2.96. The van der Waals surface area contributed by atoms with E-state index in [1.807, 2.05) is 20.8 Å². The van der Waals surface area contributed by atoms with Gasteiger partial charge in [0.2, 0.25) is 10.0 Å². The number of rotatable bonds is 7. The minimum atomic E-state index is -3.47. The van der Waals surface area contributed by atoms with E-state index in [0.29, 0.717) is 5.69 Å². The molecular weight excluding hydrogens is 260 g/mol. The molecule has 0 saturated heterocycles. The number of anilines is 1. The van der Waals surface area contributed by atoms with Crippen LogP contribution in [0.3, 0.4) is 0 Å². The third kappa shape index (κ3) is 4.21. The van der Waals surface area contributed by atoms with Crippen LogP contribution < -0.4 is 10.5 Å². The number of nitrogens with two attached hydrogens (primary N) is 1. The zero-order valence-electron chi connectivity index (χ0n) is 11.9. The minimum absolute atomic E-state index is 0.0120. The Morgan fingerprint density at radius 2 is 1.95 bits per heavy atom. The van der Waals surface area contributed by atoms with Gasteiger partial charge < -0.3 is 5.73 Å². The van der Waals surface area contributed by atoms with Gasteiger partial charge in [-0.25, -0.2) is 13.1 Å². The predicted octanol–water partition coefficient (Wildman–Crippen LogP) is 2.69. The molecule has 1 atom stereocenters. The van der Waals surface area contributed by atoms with Gasteiger partial charge in [-0.05, 0) is 37.0 Å². The molecule has 4 nitrogen and oxygen atoms in total. The largest absolute Gasteiger partial charge is 0.398 e. The van der Waals surface area contributed by atoms with Crippen LogP contribution in [0.5, 0.6) is 0 Å². The molecule has 0 radical (unpaired) electrons. The van der Waals surface area contributed by atoms with Gasteiger partial charge in [-0.2, -0.15) is 0 Å². The van der Waals surface area contributed by atoms with Gasteiger partial charge in [0.15, 0.2) is 0 Å². The topological polar surface area (TPSA) is 72.2 Å². The second-order valence-electron chi connectivity index (χ2n) is 4.73. The van der Waals surface area contributed by atoms with Crippen molar-refractivity contribution in [2.45, 2.75) is 57.4 Å². The fourth-order valence-electron chi connectivity index (χ4n) is 2.04. The summed E-state index contributed by atoms with van der Waals surface area (Å²) in [6.07, 6.45) is 3.39. The van der Waals surface area contributed by atoms with E-state index in [1.54, 1.807) is 18.2 Å². The van der Waals surface area contributed by atoms with Crippen LogP contribution in [0.4, 0.5) is 5.69 Å². The molecule has 0 aliphatic carbocycles. The average molecular weight is 284 g/mol. The Kier molecular flexibility index (Phi) is 5.82. The van der Waals surface area contributed by atoms with Crippen LogP contribution >= 0.6 is 0 Å². The number of nitrogen functional groups attached to an aromatic ring is 1. The van der Waals surface area contributed by atoms with Crippen LogP contribution in [-0.4, -0.2) is 14.5 Å². The van der Waals surface area contributed by atoms with Crippen LogP contribution in [0.2, 0.25) is 0 Å². The summed E-state index contributed by atoms with van der Waals surface area (Å²) in [5.74, 6) is 0. The Morgan fingerprint density at radius 1 is 1.26 bits per heavy atom. The van der Waals surface area contributed by atoms with Crippen molar-refractivity contribution in [1.82, 2.24) is 4.72 Å². The van der Waals surface area contributed by atoms with Crippen molar-refractivity contribution >= 4 is 15.7 Å². The van der Waals surface area contributed by atoms with Gasteiger partial charge in [0.25, 0.3) is 0 Å². The summed E-state index contributed by atoms with van der Waals surface area (Å²) in [4.78, 5) is 0.247. The molecule has 108 valence electrons. The van der Waals surface area contributed by atoms with E-state index in [2.05, 4.69) is 4.72 Å². The SMILES string of the molecule is CCCC(CC)NS(=O)(=O)c1ccc(CC)c(N)c1. The summed E-state index contributed by atoms with van der Waals surface area (Å²) < 4.78 is 27.3. The number of hydrogen-bond acceptors (Lipinski definition) is 3. The molecule has 0 aromatic heterocycles. The van der Waals surface area contributed by atoms with E-state index in [0.717, 1.165) is 31.2 Å². The molecule has 0 amide bonds. The Labute approximate surface area is 116 Å². The lowest BCUT2D eigenvalue weighted by atomic mass is 10.1. The highest BCUT2D eigenvalue weighted by Gasteiger charge is 2.19. The van der Waals surface area contributed by atoms with Crippen molar-refractivity contribution in [1.29, 1.82) is 0 Å². The standard InChI is InChI=1S/C14H24N2O2S/c1-4-7-12(6-3)16-19(17,18)13-9-8-11(5-2)14(15)10-13/h8-10,12,16H,4-7,15H2,1-3H3. The van der Waals surface area contributed by atoms with Gasteiger partial charge in [-0.1, -0.05) is 33.3 Å². The normalized spacial score (nSPS) is 13.4. The zero-order valence-corrected chi connectivity index (χ0v) is 12.8. The molecule has 0 fully saturated rings. The second kappa shape index (κ2) is 6.91. The highest BCUT2D eigenvalue weighted by Crippen LogP contribution is 2.19. The fraction of sp³-hybridized carbons (Fsp3) is 0.571. The first kappa shape index (κ1) is 16.0. The molecule has 0 saturated carbocycles. The van der Waals surface area contributed by atoms with Crippen molar-refractivity contribution < 1.29 is 8.42 Å². The fourth-order valence-corrected chi connectivity index (χ4v) is 3.43. The lowest BCUT2D eigenvalue weighted by Gasteiger charge is -2.16. The molecule has 1 rings (SSSR count). The summed E-state index contributed by atoms with van der Waals surface area (Å²) in [6, 6.07) is 4.93. The second-order valence-corrected chi connectivity index (χ2v) is 6.44. The minimum Gasteiger partial charge on any atom is -0.398 e. The molecule has 19 heavy (non-hydrogen) atoms. The van der Waals surface area contributed by atoms with Crippen LogP contribution in [-0.2, 0) is 16.4 Å². The van der Waals surface area contributed by atoms with Gasteiger partial charge in [0.05, 0.1) is 4.90 Å². The number of aryl methyl sites for hydroxylation is 1. The van der Waals surface area contributed by atoms with Crippen molar-refractivity contribution in [3.05, 3.63) is 23.8 Å². The van der Waals surface area contributed by atoms with Crippen LogP contribution in [0.1, 0.15) is 45.6 Å². The summed E-state index contributed by atoms with van der Waals surface area (Å²) >= 11 is 0. The summed E-state index contributed by atoms with van der Waals surface area (Å²) in [5, 5.41) is 0. The highest BCUT2D eigenvalue weighted by molar-refractivity contribution is 7.89. The van der Waals surface area contributed by atoms with Gasteiger partial charge in [0, 0.05) is 11.7 Å². The van der Waals surface area contributed by atoms with E-state index in [1.165, 1.54) is 0 Å². The lowest BCUT2D eigenvalue weighted by molar-refractivity contribution is 0.512. The lowest BCUT2D eigenvalue weighted by Crippen LogP contribution is -2.34. The molecular formula is C14H24N2O2S. The van der Waals surface area contributed by atoms with Gasteiger partial charge in [0.1, 0.15) is 0 Å². The molecule has 0 aliphatic heterocycles. The van der Waals surface area contributed by atoms with E-state index in [9.17, 15) is 8.42 Å². The maximum absolute atomic E-state index is 12.3. The molecule has 0 heterocycles. The number of sulfonamides is 1. The maximum Gasteiger partial charge on any atom is 0.240 e. The monoisotopic (exact) mass is 284 g/mol. The van der Waals surface area contributed by atoms with E-state index in [-0.39, 0.29) is 10.9 Å². The van der Waals surface area contributed by atoms with Crippen molar-refractivity contribution in [2.24, 2.45) is 0 Å². The number of nitrogens with one attached hydrogen (secondary N) is 1. The Bertz CT molecular complexity index is 512. The van der Waals surface area contributed by atoms with Gasteiger partial charge >= 0.3 is 0 Å². The van der Waals surface area contributed by atoms with Crippen LogP contribution in [0.15, 0.2) is 23.1 Å². The highest BCUT2D eigenvalue weighted by atomic mass is 32.2. The first-order valence-electron chi connectivity index (χ1n) is 6.85. The van der Waals surface area contributed by atoms with Crippen molar-refractivity contribution in [2.75, 3.05) is 5.73 Å². The average Bonchev–Trinajstić information content (AvgIpc) is 2.37. The Morgan fingerprint density at radius 3 is 2.42 bits per heavy atom. The summed E-state index contributed by atoms with van der Waals surface area (Å²) in [6.45, 7) is 6.02. The predicted molar refractivity (Wildman–Crippen MR) is 79.5 cm³/mol. The molecule has 0 spiro atoms. The third-order valence-corrected chi connectivity index (χ3v) is 4.78. The van der Waals surface area contributed by atoms with Crippen LogP contribution in [0.25, 0.3) is 0 Å². The number of hydrogen-bond donors (Lipinski definition) is 2. The molecule has 1 aromatic carbocycles. The first-order valence-corrected chi connectivity index (χ1v) is 8.33. The summed E-state index contributed by atoms with van der Waals surface area (Å²) in [5.41, 5.74) is 7.37. The maximum atomic E-state index is 12.3. The molecule has 3 N–H and O–H groups in total. The van der Waals surface area contributed by atoms with Crippen molar-refractivity contribution in [3.8, 4) is 0 Å². The number of benzene rings is 1. The molecule has 0 aliphatic rings. The third-order valence-electron chi connectivity index (χ3n) is 3.26. The van der Waals surface area contributed by atoms with Crippen molar-refractivity contribution in [3.63, 3.8) is 0 Å². The quantitative estimate of drug-likeness (QED) is 0.756. The van der Waals surface area contributed by atoms with Crippen LogP contribution in [0, 0.1) is 0 Å².